The van der Waals surface area contributed by atoms with Crippen molar-refractivity contribution in [3.63, 3.8) is 0 Å². The van der Waals surface area contributed by atoms with E-state index in [1.807, 2.05) is 43.3 Å². The maximum absolute atomic E-state index is 12.6. The summed E-state index contributed by atoms with van der Waals surface area (Å²) in [5, 5.41) is 5.64. The third kappa shape index (κ3) is 6.07. The van der Waals surface area contributed by atoms with Crippen molar-refractivity contribution in [2.45, 2.75) is 32.5 Å². The summed E-state index contributed by atoms with van der Waals surface area (Å²) in [7, 11) is 1.57. The molecular weight excluding hydrogens is 406 g/mol. The van der Waals surface area contributed by atoms with Crippen molar-refractivity contribution < 1.29 is 19.1 Å². The molecule has 1 aromatic heterocycles. The second-order valence-electron chi connectivity index (χ2n) is 7.35. The number of rotatable bonds is 9. The Labute approximate surface area is 187 Å². The third-order valence-corrected chi connectivity index (χ3v) is 4.97. The maximum atomic E-state index is 12.6. The Morgan fingerprint density at radius 1 is 0.938 bits per heavy atom. The molecule has 2 amide bonds. The van der Waals surface area contributed by atoms with Crippen LogP contribution in [0.15, 0.2) is 73.1 Å². The number of benzene rings is 2. The SMILES string of the molecule is COc1cc(C(C)NC(=O)C(C)NC(=O)c2ccccc2)ccc1OCc1ccncc1. The van der Waals surface area contributed by atoms with E-state index in [0.29, 0.717) is 23.7 Å². The van der Waals surface area contributed by atoms with Crippen LogP contribution in [0.3, 0.4) is 0 Å². The average Bonchev–Trinajstić information content (AvgIpc) is 2.83. The quantitative estimate of drug-likeness (QED) is 0.538. The topological polar surface area (TPSA) is 89.6 Å². The highest BCUT2D eigenvalue weighted by Crippen LogP contribution is 2.31. The zero-order valence-electron chi connectivity index (χ0n) is 18.4. The van der Waals surface area contributed by atoms with Gasteiger partial charge in [-0.1, -0.05) is 24.3 Å². The second-order valence-corrected chi connectivity index (χ2v) is 7.35. The van der Waals surface area contributed by atoms with Gasteiger partial charge in [0.15, 0.2) is 11.5 Å². The van der Waals surface area contributed by atoms with Crippen molar-refractivity contribution in [1.82, 2.24) is 15.6 Å². The van der Waals surface area contributed by atoms with Gasteiger partial charge in [-0.2, -0.15) is 0 Å². The molecule has 7 heteroatoms. The molecule has 0 saturated carbocycles. The van der Waals surface area contributed by atoms with Gasteiger partial charge in [0, 0.05) is 18.0 Å². The number of hydrogen-bond acceptors (Lipinski definition) is 5. The summed E-state index contributed by atoms with van der Waals surface area (Å²) in [6, 6.07) is 17.1. The van der Waals surface area contributed by atoms with Crippen LogP contribution in [0.1, 0.15) is 41.4 Å². The monoisotopic (exact) mass is 433 g/mol. The Balaban J connectivity index is 1.59. The van der Waals surface area contributed by atoms with Crippen molar-refractivity contribution in [2.75, 3.05) is 7.11 Å². The summed E-state index contributed by atoms with van der Waals surface area (Å²) in [5.74, 6) is 0.607. The number of nitrogens with one attached hydrogen (secondary N) is 2. The lowest BCUT2D eigenvalue weighted by atomic mass is 10.1. The molecule has 32 heavy (non-hydrogen) atoms. The summed E-state index contributed by atoms with van der Waals surface area (Å²) in [6.45, 7) is 3.92. The predicted molar refractivity (Wildman–Crippen MR) is 121 cm³/mol. The molecule has 2 aromatic carbocycles. The van der Waals surface area contributed by atoms with E-state index in [0.717, 1.165) is 11.1 Å². The summed E-state index contributed by atoms with van der Waals surface area (Å²) in [4.78, 5) is 28.9. The number of carbonyl (C=O) groups excluding carboxylic acids is 2. The molecule has 2 atom stereocenters. The smallest absolute Gasteiger partial charge is 0.251 e. The molecule has 0 aliphatic rings. The van der Waals surface area contributed by atoms with E-state index in [4.69, 9.17) is 9.47 Å². The van der Waals surface area contributed by atoms with Crippen LogP contribution in [0.4, 0.5) is 0 Å². The van der Waals surface area contributed by atoms with Gasteiger partial charge in [-0.25, -0.2) is 0 Å². The number of amides is 2. The molecule has 0 radical (unpaired) electrons. The van der Waals surface area contributed by atoms with Gasteiger partial charge in [0.2, 0.25) is 5.91 Å². The minimum Gasteiger partial charge on any atom is -0.493 e. The molecule has 0 saturated heterocycles. The molecule has 3 rings (SSSR count). The number of hydrogen-bond donors (Lipinski definition) is 2. The van der Waals surface area contributed by atoms with E-state index in [1.54, 1.807) is 50.7 Å². The Bertz CT molecular complexity index is 1040. The molecule has 1 heterocycles. The molecule has 0 aliphatic carbocycles. The highest BCUT2D eigenvalue weighted by Gasteiger charge is 2.19. The van der Waals surface area contributed by atoms with Gasteiger partial charge in [-0.05, 0) is 61.4 Å². The van der Waals surface area contributed by atoms with Gasteiger partial charge >= 0.3 is 0 Å². The standard InChI is InChI=1S/C25H27N3O4/c1-17(27-24(29)18(2)28-25(30)20-7-5-4-6-8-20)21-9-10-22(23(15-21)31-3)32-16-19-11-13-26-14-12-19/h4-15,17-18H,16H2,1-3H3,(H,27,29)(H,28,30). The first-order valence-electron chi connectivity index (χ1n) is 10.3. The minimum atomic E-state index is -0.685. The summed E-state index contributed by atoms with van der Waals surface area (Å²) in [5.41, 5.74) is 2.36. The number of pyridine rings is 1. The van der Waals surface area contributed by atoms with Crippen LogP contribution < -0.4 is 20.1 Å². The Hall–Kier alpha value is -3.87. The molecule has 166 valence electrons. The molecule has 0 fully saturated rings. The first kappa shape index (κ1) is 22.8. The van der Waals surface area contributed by atoms with E-state index in [9.17, 15) is 9.59 Å². The number of ether oxygens (including phenoxy) is 2. The van der Waals surface area contributed by atoms with E-state index in [1.165, 1.54) is 0 Å². The lowest BCUT2D eigenvalue weighted by Gasteiger charge is -2.20. The summed E-state index contributed by atoms with van der Waals surface area (Å²) >= 11 is 0. The maximum Gasteiger partial charge on any atom is 0.251 e. The van der Waals surface area contributed by atoms with E-state index in [-0.39, 0.29) is 17.9 Å². The minimum absolute atomic E-state index is 0.279. The molecule has 7 nitrogen and oxygen atoms in total. The Kier molecular flexibility index (Phi) is 7.80. The van der Waals surface area contributed by atoms with Crippen molar-refractivity contribution in [2.24, 2.45) is 0 Å². The van der Waals surface area contributed by atoms with Crippen LogP contribution >= 0.6 is 0 Å². The Morgan fingerprint density at radius 3 is 2.34 bits per heavy atom. The molecular formula is C25H27N3O4. The first-order chi connectivity index (χ1) is 15.5. The van der Waals surface area contributed by atoms with Gasteiger partial charge in [0.25, 0.3) is 5.91 Å². The first-order valence-corrected chi connectivity index (χ1v) is 10.3. The highest BCUT2D eigenvalue weighted by molar-refractivity contribution is 5.97. The van der Waals surface area contributed by atoms with Gasteiger partial charge in [0.05, 0.1) is 13.2 Å². The zero-order valence-corrected chi connectivity index (χ0v) is 18.4. The van der Waals surface area contributed by atoms with Gasteiger partial charge < -0.3 is 20.1 Å². The molecule has 3 aromatic rings. The molecule has 0 bridgehead atoms. The van der Waals surface area contributed by atoms with E-state index < -0.39 is 6.04 Å². The number of methoxy groups -OCH3 is 1. The average molecular weight is 434 g/mol. The van der Waals surface area contributed by atoms with Crippen molar-refractivity contribution in [3.05, 3.63) is 89.7 Å². The van der Waals surface area contributed by atoms with Crippen LogP contribution in [0.25, 0.3) is 0 Å². The highest BCUT2D eigenvalue weighted by atomic mass is 16.5. The Morgan fingerprint density at radius 2 is 1.66 bits per heavy atom. The number of carbonyl (C=O) groups is 2. The summed E-state index contributed by atoms with van der Waals surface area (Å²) < 4.78 is 11.3. The van der Waals surface area contributed by atoms with Crippen molar-refractivity contribution in [3.8, 4) is 11.5 Å². The predicted octanol–water partition coefficient (Wildman–Crippen LogP) is 3.66. The fourth-order valence-corrected chi connectivity index (χ4v) is 3.07. The third-order valence-electron chi connectivity index (χ3n) is 4.97. The van der Waals surface area contributed by atoms with E-state index >= 15 is 0 Å². The van der Waals surface area contributed by atoms with Crippen molar-refractivity contribution >= 4 is 11.8 Å². The fourth-order valence-electron chi connectivity index (χ4n) is 3.07. The van der Waals surface area contributed by atoms with Crippen LogP contribution in [0.5, 0.6) is 11.5 Å². The lowest BCUT2D eigenvalue weighted by molar-refractivity contribution is -0.123. The molecule has 2 N–H and O–H groups in total. The van der Waals surface area contributed by atoms with Crippen LogP contribution in [0.2, 0.25) is 0 Å². The van der Waals surface area contributed by atoms with Crippen LogP contribution in [0, 0.1) is 0 Å². The van der Waals surface area contributed by atoms with Gasteiger partial charge in [-0.15, -0.1) is 0 Å². The zero-order chi connectivity index (χ0) is 22.9. The van der Waals surface area contributed by atoms with E-state index in [2.05, 4.69) is 15.6 Å². The fraction of sp³-hybridized carbons (Fsp3) is 0.240. The summed E-state index contributed by atoms with van der Waals surface area (Å²) in [6.07, 6.45) is 3.43. The van der Waals surface area contributed by atoms with Crippen LogP contribution in [-0.4, -0.2) is 29.9 Å². The second kappa shape index (κ2) is 10.9. The van der Waals surface area contributed by atoms with Gasteiger partial charge in [0.1, 0.15) is 12.6 Å². The number of aromatic nitrogens is 1. The molecule has 0 spiro atoms. The van der Waals surface area contributed by atoms with Crippen LogP contribution in [-0.2, 0) is 11.4 Å². The molecule has 0 aliphatic heterocycles. The van der Waals surface area contributed by atoms with Crippen molar-refractivity contribution in [1.29, 1.82) is 0 Å². The van der Waals surface area contributed by atoms with Gasteiger partial charge in [-0.3, -0.25) is 14.6 Å². The lowest BCUT2D eigenvalue weighted by Crippen LogP contribution is -2.45. The normalized spacial score (nSPS) is 12.3. The molecule has 2 unspecified atom stereocenters. The largest absolute Gasteiger partial charge is 0.493 e. The number of nitrogens with zero attached hydrogens (tertiary/aromatic N) is 1.